The first kappa shape index (κ1) is 11.2. The zero-order chi connectivity index (χ0) is 12.5. The highest BCUT2D eigenvalue weighted by Gasteiger charge is 2.26. The van der Waals surface area contributed by atoms with E-state index in [1.807, 2.05) is 11.4 Å². The van der Waals surface area contributed by atoms with E-state index in [1.165, 1.54) is 36.3 Å². The molecule has 1 N–H and O–H groups in total. The first-order chi connectivity index (χ1) is 8.74. The van der Waals surface area contributed by atoms with Crippen molar-refractivity contribution in [1.29, 1.82) is 5.26 Å². The summed E-state index contributed by atoms with van der Waals surface area (Å²) in [5.41, 5.74) is 1.97. The molecule has 3 rings (SSSR count). The smallest absolute Gasteiger partial charge is 0.187 e. The number of halogens is 1. The lowest BCUT2D eigenvalue weighted by atomic mass is 10.2. The van der Waals surface area contributed by atoms with Crippen LogP contribution in [0.4, 0.5) is 15.2 Å². The lowest BCUT2D eigenvalue weighted by Crippen LogP contribution is -1.92. The Balaban J connectivity index is 1.82. The number of thiazole rings is 1. The van der Waals surface area contributed by atoms with Crippen molar-refractivity contribution >= 4 is 22.2 Å². The number of aromatic nitrogens is 1. The third kappa shape index (κ3) is 2.34. The van der Waals surface area contributed by atoms with Crippen LogP contribution in [0, 0.1) is 17.1 Å². The Morgan fingerprint density at radius 1 is 1.39 bits per heavy atom. The zero-order valence-corrected chi connectivity index (χ0v) is 10.3. The Labute approximate surface area is 108 Å². The lowest BCUT2D eigenvalue weighted by Gasteiger charge is -2.03. The van der Waals surface area contributed by atoms with Gasteiger partial charge in [0, 0.05) is 17.0 Å². The minimum absolute atomic E-state index is 0.302. The third-order valence-electron chi connectivity index (χ3n) is 2.80. The van der Waals surface area contributed by atoms with Gasteiger partial charge in [-0.2, -0.15) is 5.26 Å². The molecule has 0 saturated heterocycles. The summed E-state index contributed by atoms with van der Waals surface area (Å²) in [6.07, 6.45) is 2.42. The van der Waals surface area contributed by atoms with Gasteiger partial charge >= 0.3 is 0 Å². The van der Waals surface area contributed by atoms with Gasteiger partial charge in [0.2, 0.25) is 0 Å². The molecule has 1 aromatic carbocycles. The summed E-state index contributed by atoms with van der Waals surface area (Å²) < 4.78 is 13.3. The molecule has 1 aliphatic carbocycles. The summed E-state index contributed by atoms with van der Waals surface area (Å²) in [7, 11) is 0. The molecule has 0 radical (unpaired) electrons. The van der Waals surface area contributed by atoms with Gasteiger partial charge < -0.3 is 5.32 Å². The van der Waals surface area contributed by atoms with Crippen LogP contribution in [0.5, 0.6) is 0 Å². The minimum Gasteiger partial charge on any atom is -0.331 e. The van der Waals surface area contributed by atoms with Crippen molar-refractivity contribution in [3.05, 3.63) is 40.7 Å². The van der Waals surface area contributed by atoms with Crippen molar-refractivity contribution in [2.75, 3.05) is 5.32 Å². The Morgan fingerprint density at radius 2 is 2.22 bits per heavy atom. The molecule has 0 spiro atoms. The number of nitriles is 1. The number of anilines is 2. The third-order valence-corrected chi connectivity index (χ3v) is 3.57. The van der Waals surface area contributed by atoms with Crippen molar-refractivity contribution < 1.29 is 4.39 Å². The van der Waals surface area contributed by atoms with Crippen LogP contribution in [-0.2, 0) is 0 Å². The SMILES string of the molecule is N#Cc1cc(F)cc(Nc2nc(C3CC3)cs2)c1. The van der Waals surface area contributed by atoms with Crippen molar-refractivity contribution in [2.24, 2.45) is 0 Å². The lowest BCUT2D eigenvalue weighted by molar-refractivity contribution is 0.628. The molecule has 0 bridgehead atoms. The van der Waals surface area contributed by atoms with E-state index in [-0.39, 0.29) is 0 Å². The van der Waals surface area contributed by atoms with Crippen LogP contribution >= 0.6 is 11.3 Å². The average molecular weight is 259 g/mol. The van der Waals surface area contributed by atoms with Gasteiger partial charge in [-0.25, -0.2) is 9.37 Å². The molecule has 1 aliphatic rings. The van der Waals surface area contributed by atoms with Gasteiger partial charge in [-0.1, -0.05) is 0 Å². The van der Waals surface area contributed by atoms with Crippen LogP contribution in [0.3, 0.4) is 0 Å². The van der Waals surface area contributed by atoms with Gasteiger partial charge in [-0.05, 0) is 31.0 Å². The molecule has 0 aliphatic heterocycles. The maximum Gasteiger partial charge on any atom is 0.187 e. The quantitative estimate of drug-likeness (QED) is 0.912. The first-order valence-corrected chi connectivity index (χ1v) is 6.56. The molecular weight excluding hydrogens is 249 g/mol. The number of nitrogens with zero attached hydrogens (tertiary/aromatic N) is 2. The van der Waals surface area contributed by atoms with Gasteiger partial charge in [0.05, 0.1) is 17.3 Å². The number of nitrogens with one attached hydrogen (secondary N) is 1. The Hall–Kier alpha value is -1.93. The van der Waals surface area contributed by atoms with E-state index in [0.717, 1.165) is 10.8 Å². The van der Waals surface area contributed by atoms with Crippen LogP contribution in [0.1, 0.15) is 30.0 Å². The molecule has 0 unspecified atom stereocenters. The zero-order valence-electron chi connectivity index (χ0n) is 9.48. The van der Waals surface area contributed by atoms with Gasteiger partial charge in [0.25, 0.3) is 0 Å². The van der Waals surface area contributed by atoms with Gasteiger partial charge in [-0.3, -0.25) is 0 Å². The summed E-state index contributed by atoms with van der Waals surface area (Å²) in [6.45, 7) is 0. The molecule has 5 heteroatoms. The standard InChI is InChI=1S/C13H10FN3S/c14-10-3-8(6-15)4-11(5-10)16-13-17-12(7-18-13)9-1-2-9/h3-5,7,9H,1-2H2,(H,16,17). The van der Waals surface area contributed by atoms with Crippen LogP contribution < -0.4 is 5.32 Å². The summed E-state index contributed by atoms with van der Waals surface area (Å²) in [5, 5.41) is 14.6. The van der Waals surface area contributed by atoms with Crippen molar-refractivity contribution in [1.82, 2.24) is 4.98 Å². The van der Waals surface area contributed by atoms with E-state index in [1.54, 1.807) is 6.07 Å². The van der Waals surface area contributed by atoms with E-state index in [4.69, 9.17) is 5.26 Å². The molecule has 1 fully saturated rings. The minimum atomic E-state index is -0.421. The largest absolute Gasteiger partial charge is 0.331 e. The molecule has 2 aromatic rings. The molecular formula is C13H10FN3S. The summed E-state index contributed by atoms with van der Waals surface area (Å²) in [4.78, 5) is 4.45. The predicted molar refractivity (Wildman–Crippen MR) is 68.5 cm³/mol. The van der Waals surface area contributed by atoms with Crippen molar-refractivity contribution in [3.8, 4) is 6.07 Å². The molecule has 0 amide bonds. The molecule has 1 heterocycles. The van der Waals surface area contributed by atoms with Crippen LogP contribution in [0.15, 0.2) is 23.6 Å². The first-order valence-electron chi connectivity index (χ1n) is 5.68. The van der Waals surface area contributed by atoms with E-state index in [0.29, 0.717) is 17.2 Å². The van der Waals surface area contributed by atoms with E-state index in [2.05, 4.69) is 10.3 Å². The summed E-state index contributed by atoms with van der Waals surface area (Å²) in [5.74, 6) is 0.189. The second-order valence-electron chi connectivity index (χ2n) is 4.32. The van der Waals surface area contributed by atoms with Crippen molar-refractivity contribution in [3.63, 3.8) is 0 Å². The van der Waals surface area contributed by atoms with Crippen molar-refractivity contribution in [2.45, 2.75) is 18.8 Å². The fourth-order valence-corrected chi connectivity index (χ4v) is 2.57. The van der Waals surface area contributed by atoms with Crippen LogP contribution in [0.2, 0.25) is 0 Å². The molecule has 1 aromatic heterocycles. The number of rotatable bonds is 3. The topological polar surface area (TPSA) is 48.7 Å². The van der Waals surface area contributed by atoms with Crippen LogP contribution in [-0.4, -0.2) is 4.98 Å². The van der Waals surface area contributed by atoms with Gasteiger partial charge in [0.15, 0.2) is 5.13 Å². The maximum absolute atomic E-state index is 13.3. The highest BCUT2D eigenvalue weighted by molar-refractivity contribution is 7.13. The second-order valence-corrected chi connectivity index (χ2v) is 5.18. The van der Waals surface area contributed by atoms with E-state index in [9.17, 15) is 4.39 Å². The number of hydrogen-bond donors (Lipinski definition) is 1. The highest BCUT2D eigenvalue weighted by atomic mass is 32.1. The molecule has 3 nitrogen and oxygen atoms in total. The van der Waals surface area contributed by atoms with E-state index >= 15 is 0 Å². The second kappa shape index (κ2) is 4.39. The Kier molecular flexibility index (Phi) is 2.73. The fourth-order valence-electron chi connectivity index (χ4n) is 1.76. The van der Waals surface area contributed by atoms with Gasteiger partial charge in [-0.15, -0.1) is 11.3 Å². The summed E-state index contributed by atoms with van der Waals surface area (Å²) >= 11 is 1.50. The summed E-state index contributed by atoms with van der Waals surface area (Å²) in [6, 6.07) is 6.11. The molecule has 18 heavy (non-hydrogen) atoms. The normalized spacial score (nSPS) is 14.2. The Bertz CT molecular complexity index is 625. The fraction of sp³-hybridized carbons (Fsp3) is 0.231. The highest BCUT2D eigenvalue weighted by Crippen LogP contribution is 2.41. The van der Waals surface area contributed by atoms with E-state index < -0.39 is 5.82 Å². The average Bonchev–Trinajstić information content (AvgIpc) is 3.10. The Morgan fingerprint density at radius 3 is 2.94 bits per heavy atom. The number of hydrogen-bond acceptors (Lipinski definition) is 4. The number of benzene rings is 1. The molecule has 0 atom stereocenters. The van der Waals surface area contributed by atoms with Gasteiger partial charge in [0.1, 0.15) is 5.82 Å². The maximum atomic E-state index is 13.3. The predicted octanol–water partition coefficient (Wildman–Crippen LogP) is 3.77. The molecule has 90 valence electrons. The molecule has 1 saturated carbocycles. The van der Waals surface area contributed by atoms with Crippen LogP contribution in [0.25, 0.3) is 0 Å². The monoisotopic (exact) mass is 259 g/mol.